The summed E-state index contributed by atoms with van der Waals surface area (Å²) >= 11 is 1.53. The van der Waals surface area contributed by atoms with Crippen molar-refractivity contribution in [1.29, 1.82) is 0 Å². The summed E-state index contributed by atoms with van der Waals surface area (Å²) in [7, 11) is 0. The molecule has 1 aromatic heterocycles. The lowest BCUT2D eigenvalue weighted by molar-refractivity contribution is -0.00174. The van der Waals surface area contributed by atoms with E-state index in [4.69, 9.17) is 5.73 Å². The van der Waals surface area contributed by atoms with Gasteiger partial charge in [0.1, 0.15) is 6.10 Å². The van der Waals surface area contributed by atoms with Crippen LogP contribution < -0.4 is 5.73 Å². The van der Waals surface area contributed by atoms with Gasteiger partial charge in [-0.1, -0.05) is 19.3 Å². The number of aromatic nitrogens is 1. The number of aliphatic hydroxyl groups is 1. The molecule has 4 heteroatoms. The summed E-state index contributed by atoms with van der Waals surface area (Å²) in [5.41, 5.74) is 8.31. The molecule has 1 aromatic rings. The summed E-state index contributed by atoms with van der Waals surface area (Å²) in [4.78, 5) is 4.20. The van der Waals surface area contributed by atoms with Crippen molar-refractivity contribution in [3.63, 3.8) is 0 Å². The van der Waals surface area contributed by atoms with Crippen molar-refractivity contribution in [2.45, 2.75) is 38.2 Å². The van der Waals surface area contributed by atoms with Crippen LogP contribution in [0.2, 0.25) is 0 Å². The van der Waals surface area contributed by atoms with E-state index in [0.29, 0.717) is 6.54 Å². The molecule has 0 saturated heterocycles. The zero-order valence-corrected chi connectivity index (χ0v) is 9.67. The second-order valence-electron chi connectivity index (χ2n) is 4.44. The number of nitrogens with two attached hydrogens (primary N) is 1. The van der Waals surface area contributed by atoms with Gasteiger partial charge in [-0.3, -0.25) is 0 Å². The first-order valence-electron chi connectivity index (χ1n) is 5.55. The first-order chi connectivity index (χ1) is 7.28. The molecule has 1 saturated carbocycles. The maximum atomic E-state index is 10.3. The highest BCUT2D eigenvalue weighted by Crippen LogP contribution is 2.44. The third kappa shape index (κ3) is 2.07. The lowest BCUT2D eigenvalue weighted by atomic mass is 9.69. The third-order valence-electron chi connectivity index (χ3n) is 3.57. The maximum absolute atomic E-state index is 10.3. The summed E-state index contributed by atoms with van der Waals surface area (Å²) in [5.74, 6) is 0. The van der Waals surface area contributed by atoms with Gasteiger partial charge in [0.05, 0.1) is 11.2 Å². The van der Waals surface area contributed by atoms with Crippen molar-refractivity contribution in [3.8, 4) is 0 Å². The van der Waals surface area contributed by atoms with E-state index >= 15 is 0 Å². The predicted octanol–water partition coefficient (Wildman–Crippen LogP) is 2.09. The Kier molecular flexibility index (Phi) is 3.38. The maximum Gasteiger partial charge on any atom is 0.104 e. The van der Waals surface area contributed by atoms with E-state index in [2.05, 4.69) is 4.98 Å². The van der Waals surface area contributed by atoms with E-state index in [1.807, 2.05) is 5.38 Å². The zero-order chi connectivity index (χ0) is 10.7. The van der Waals surface area contributed by atoms with Gasteiger partial charge in [0.25, 0.3) is 0 Å². The Morgan fingerprint density at radius 1 is 1.47 bits per heavy atom. The lowest BCUT2D eigenvalue weighted by Gasteiger charge is -2.39. The molecule has 1 aliphatic carbocycles. The zero-order valence-electron chi connectivity index (χ0n) is 8.85. The molecule has 0 amide bonds. The van der Waals surface area contributed by atoms with Gasteiger partial charge in [0, 0.05) is 17.3 Å². The van der Waals surface area contributed by atoms with Gasteiger partial charge in [0.15, 0.2) is 0 Å². The molecule has 3 nitrogen and oxygen atoms in total. The Bertz CT molecular complexity index is 294. The first-order valence-corrected chi connectivity index (χ1v) is 6.49. The predicted molar refractivity (Wildman–Crippen MR) is 61.6 cm³/mol. The van der Waals surface area contributed by atoms with Gasteiger partial charge in [-0.05, 0) is 12.8 Å². The molecule has 1 heterocycles. The minimum absolute atomic E-state index is 0.119. The van der Waals surface area contributed by atoms with Crippen LogP contribution in [0.1, 0.15) is 43.9 Å². The summed E-state index contributed by atoms with van der Waals surface area (Å²) in [6.07, 6.45) is 5.21. The Labute approximate surface area is 94.3 Å². The van der Waals surface area contributed by atoms with Crippen LogP contribution in [0, 0.1) is 5.41 Å². The molecule has 2 rings (SSSR count). The van der Waals surface area contributed by atoms with Crippen LogP contribution in [-0.2, 0) is 0 Å². The van der Waals surface area contributed by atoms with Gasteiger partial charge in [0.2, 0.25) is 0 Å². The van der Waals surface area contributed by atoms with Crippen LogP contribution >= 0.6 is 11.3 Å². The number of nitrogens with zero attached hydrogens (tertiary/aromatic N) is 1. The van der Waals surface area contributed by atoms with Crippen molar-refractivity contribution in [3.05, 3.63) is 16.6 Å². The fraction of sp³-hybridized carbons (Fsp3) is 0.727. The summed E-state index contributed by atoms with van der Waals surface area (Å²) in [5, 5.41) is 12.3. The fourth-order valence-corrected chi connectivity index (χ4v) is 3.09. The fourth-order valence-electron chi connectivity index (χ4n) is 2.52. The topological polar surface area (TPSA) is 59.1 Å². The minimum atomic E-state index is -0.478. The van der Waals surface area contributed by atoms with E-state index < -0.39 is 6.10 Å². The quantitative estimate of drug-likeness (QED) is 0.829. The second kappa shape index (κ2) is 4.60. The second-order valence-corrected chi connectivity index (χ2v) is 5.16. The molecule has 0 spiro atoms. The average molecular weight is 226 g/mol. The van der Waals surface area contributed by atoms with Gasteiger partial charge < -0.3 is 10.8 Å². The number of aliphatic hydroxyl groups excluding tert-OH is 1. The van der Waals surface area contributed by atoms with Crippen molar-refractivity contribution < 1.29 is 5.11 Å². The van der Waals surface area contributed by atoms with Crippen LogP contribution in [0.15, 0.2) is 10.9 Å². The standard InChI is InChI=1S/C11H18N2OS/c12-7-11(4-2-1-3-5-11)10(14)9-6-15-8-13-9/h6,8,10,14H,1-5,7,12H2. The first kappa shape index (κ1) is 11.0. The summed E-state index contributed by atoms with van der Waals surface area (Å²) in [6, 6.07) is 0. The molecule has 1 unspecified atom stereocenters. The summed E-state index contributed by atoms with van der Waals surface area (Å²) < 4.78 is 0. The van der Waals surface area contributed by atoms with E-state index in [9.17, 15) is 5.11 Å². The van der Waals surface area contributed by atoms with Gasteiger partial charge in [-0.2, -0.15) is 0 Å². The van der Waals surface area contributed by atoms with Crippen LogP contribution in [0.5, 0.6) is 0 Å². The highest BCUT2D eigenvalue weighted by molar-refractivity contribution is 7.07. The largest absolute Gasteiger partial charge is 0.386 e. The normalized spacial score (nSPS) is 22.5. The lowest BCUT2D eigenvalue weighted by Crippen LogP contribution is -2.38. The Balaban J connectivity index is 2.18. The van der Waals surface area contributed by atoms with Gasteiger partial charge in [-0.25, -0.2) is 4.98 Å². The number of hydrogen-bond acceptors (Lipinski definition) is 4. The van der Waals surface area contributed by atoms with Crippen molar-refractivity contribution in [2.24, 2.45) is 11.1 Å². The van der Waals surface area contributed by atoms with Crippen LogP contribution in [0.25, 0.3) is 0 Å². The highest BCUT2D eigenvalue weighted by atomic mass is 32.1. The van der Waals surface area contributed by atoms with E-state index in [1.54, 1.807) is 5.51 Å². The van der Waals surface area contributed by atoms with Gasteiger partial charge >= 0.3 is 0 Å². The molecule has 15 heavy (non-hydrogen) atoms. The van der Waals surface area contributed by atoms with E-state index in [-0.39, 0.29) is 5.41 Å². The van der Waals surface area contributed by atoms with Crippen molar-refractivity contribution >= 4 is 11.3 Å². The smallest absolute Gasteiger partial charge is 0.104 e. The highest BCUT2D eigenvalue weighted by Gasteiger charge is 2.39. The Morgan fingerprint density at radius 3 is 2.73 bits per heavy atom. The molecule has 0 bridgehead atoms. The monoisotopic (exact) mass is 226 g/mol. The molecule has 0 radical (unpaired) electrons. The average Bonchev–Trinajstić information content (AvgIpc) is 2.82. The molecular weight excluding hydrogens is 208 g/mol. The minimum Gasteiger partial charge on any atom is -0.386 e. The van der Waals surface area contributed by atoms with Crippen LogP contribution in [0.3, 0.4) is 0 Å². The number of hydrogen-bond donors (Lipinski definition) is 2. The molecule has 1 aliphatic rings. The third-order valence-corrected chi connectivity index (χ3v) is 4.17. The Morgan fingerprint density at radius 2 is 2.20 bits per heavy atom. The van der Waals surface area contributed by atoms with Crippen molar-refractivity contribution in [2.75, 3.05) is 6.54 Å². The van der Waals surface area contributed by atoms with E-state index in [0.717, 1.165) is 18.5 Å². The number of thiazole rings is 1. The molecule has 0 aliphatic heterocycles. The number of rotatable bonds is 3. The van der Waals surface area contributed by atoms with E-state index in [1.165, 1.54) is 30.6 Å². The SMILES string of the molecule is NCC1(C(O)c2cscn2)CCCCC1. The molecule has 1 fully saturated rings. The van der Waals surface area contributed by atoms with Gasteiger partial charge in [-0.15, -0.1) is 11.3 Å². The molecular formula is C11H18N2OS. The molecule has 0 aromatic carbocycles. The molecule has 1 atom stereocenters. The van der Waals surface area contributed by atoms with Crippen molar-refractivity contribution in [1.82, 2.24) is 4.98 Å². The van der Waals surface area contributed by atoms with Crippen LogP contribution in [0.4, 0.5) is 0 Å². The molecule has 3 N–H and O–H groups in total. The molecule has 84 valence electrons. The summed E-state index contributed by atoms with van der Waals surface area (Å²) in [6.45, 7) is 0.561. The van der Waals surface area contributed by atoms with Crippen LogP contribution in [-0.4, -0.2) is 16.6 Å². The Hall–Kier alpha value is -0.450.